The zero-order valence-electron chi connectivity index (χ0n) is 12.9. The van der Waals surface area contributed by atoms with Crippen molar-refractivity contribution in [1.29, 1.82) is 0 Å². The Hall–Kier alpha value is -1.59. The summed E-state index contributed by atoms with van der Waals surface area (Å²) in [6.07, 6.45) is 0.848. The van der Waals surface area contributed by atoms with Crippen molar-refractivity contribution in [3.63, 3.8) is 0 Å². The van der Waals surface area contributed by atoms with Crippen molar-refractivity contribution in [3.8, 4) is 0 Å². The predicted octanol–water partition coefficient (Wildman–Crippen LogP) is 2.31. The molecule has 0 heterocycles. The van der Waals surface area contributed by atoms with Crippen LogP contribution in [0.3, 0.4) is 0 Å². The zero-order chi connectivity index (χ0) is 15.3. The molecule has 0 aliphatic heterocycles. The minimum atomic E-state index is -0.566. The molecule has 1 aromatic rings. The average Bonchev–Trinajstić information content (AvgIpc) is 2.38. The Morgan fingerprint density at radius 1 is 1.24 bits per heavy atom. The third-order valence-corrected chi connectivity index (χ3v) is 3.16. The highest BCUT2D eigenvalue weighted by atomic mass is 35.5. The molecule has 21 heavy (non-hydrogen) atoms. The molecule has 0 unspecified atom stereocenters. The third-order valence-electron chi connectivity index (χ3n) is 3.16. The lowest BCUT2D eigenvalue weighted by Crippen LogP contribution is -2.42. The van der Waals surface area contributed by atoms with Gasteiger partial charge in [-0.15, -0.1) is 12.4 Å². The molecule has 0 saturated heterocycles. The van der Waals surface area contributed by atoms with E-state index in [-0.39, 0.29) is 29.8 Å². The van der Waals surface area contributed by atoms with Crippen molar-refractivity contribution < 1.29 is 9.59 Å². The van der Waals surface area contributed by atoms with Crippen molar-refractivity contribution in [1.82, 2.24) is 5.32 Å². The zero-order valence-corrected chi connectivity index (χ0v) is 13.7. The van der Waals surface area contributed by atoms with Crippen molar-refractivity contribution >= 4 is 29.9 Å². The molecular weight excluding hydrogens is 290 g/mol. The van der Waals surface area contributed by atoms with Gasteiger partial charge in [-0.25, -0.2) is 0 Å². The number of hydrogen-bond donors (Lipinski definition) is 3. The summed E-state index contributed by atoms with van der Waals surface area (Å²) in [5.41, 5.74) is 6.42. The number of amides is 2. The lowest BCUT2D eigenvalue weighted by Gasteiger charge is -2.24. The number of nitrogens with two attached hydrogens (primary N) is 1. The van der Waals surface area contributed by atoms with Gasteiger partial charge in [-0.05, 0) is 51.5 Å². The highest BCUT2D eigenvalue weighted by Crippen LogP contribution is 2.12. The van der Waals surface area contributed by atoms with Crippen molar-refractivity contribution in [2.45, 2.75) is 45.7 Å². The second kappa shape index (κ2) is 8.00. The molecular formula is C15H24ClN3O2. The number of rotatable bonds is 5. The lowest BCUT2D eigenvalue weighted by molar-refractivity contribution is -0.117. The van der Waals surface area contributed by atoms with Crippen LogP contribution in [0, 0.1) is 0 Å². The van der Waals surface area contributed by atoms with Crippen LogP contribution >= 0.6 is 12.4 Å². The Balaban J connectivity index is 0.00000400. The number of carbonyl (C=O) groups excluding carboxylic acids is 2. The second-order valence-electron chi connectivity index (χ2n) is 5.55. The first-order valence-corrected chi connectivity index (χ1v) is 6.74. The summed E-state index contributed by atoms with van der Waals surface area (Å²) in [7, 11) is 0. The van der Waals surface area contributed by atoms with E-state index in [0.29, 0.717) is 11.3 Å². The molecule has 0 radical (unpaired) electrons. The summed E-state index contributed by atoms with van der Waals surface area (Å²) in [4.78, 5) is 23.5. The minimum absolute atomic E-state index is 0. The van der Waals surface area contributed by atoms with Gasteiger partial charge in [0.15, 0.2) is 0 Å². The molecule has 2 amide bonds. The van der Waals surface area contributed by atoms with Crippen LogP contribution in [0.1, 0.15) is 44.5 Å². The lowest BCUT2D eigenvalue weighted by atomic mass is 10.0. The first-order valence-electron chi connectivity index (χ1n) is 6.74. The van der Waals surface area contributed by atoms with E-state index in [0.717, 1.165) is 6.42 Å². The van der Waals surface area contributed by atoms with Crippen LogP contribution in [0.5, 0.6) is 0 Å². The summed E-state index contributed by atoms with van der Waals surface area (Å²) >= 11 is 0. The highest BCUT2D eigenvalue weighted by Gasteiger charge is 2.18. The molecule has 5 nitrogen and oxygen atoms in total. The van der Waals surface area contributed by atoms with Gasteiger partial charge >= 0.3 is 0 Å². The maximum Gasteiger partial charge on any atom is 0.251 e. The molecule has 0 aromatic heterocycles. The van der Waals surface area contributed by atoms with Crippen molar-refractivity contribution in [2.75, 3.05) is 5.32 Å². The summed E-state index contributed by atoms with van der Waals surface area (Å²) in [6.45, 7) is 7.58. The Morgan fingerprint density at radius 3 is 2.19 bits per heavy atom. The molecule has 0 bridgehead atoms. The monoisotopic (exact) mass is 313 g/mol. The van der Waals surface area contributed by atoms with E-state index in [2.05, 4.69) is 10.6 Å². The Morgan fingerprint density at radius 2 is 1.76 bits per heavy atom. The SMILES string of the molecule is CCC(C)(C)NC(=O)c1ccc(NC(=O)[C@H](C)N)cc1.Cl. The van der Waals surface area contributed by atoms with Gasteiger partial charge in [0.25, 0.3) is 5.91 Å². The number of halogens is 1. The topological polar surface area (TPSA) is 84.2 Å². The van der Waals surface area contributed by atoms with Crippen LogP contribution in [-0.4, -0.2) is 23.4 Å². The number of nitrogens with one attached hydrogen (secondary N) is 2. The molecule has 1 aromatic carbocycles. The van der Waals surface area contributed by atoms with Gasteiger partial charge in [-0.1, -0.05) is 6.92 Å². The fourth-order valence-corrected chi connectivity index (χ4v) is 1.43. The largest absolute Gasteiger partial charge is 0.347 e. The summed E-state index contributed by atoms with van der Waals surface area (Å²) in [6, 6.07) is 6.17. The molecule has 0 aliphatic carbocycles. The quantitative estimate of drug-likeness (QED) is 0.780. The van der Waals surface area contributed by atoms with E-state index in [1.807, 2.05) is 20.8 Å². The van der Waals surface area contributed by atoms with Gasteiger partial charge in [-0.3, -0.25) is 9.59 Å². The number of benzene rings is 1. The predicted molar refractivity (Wildman–Crippen MR) is 87.8 cm³/mol. The van der Waals surface area contributed by atoms with E-state index >= 15 is 0 Å². The molecule has 1 rings (SSSR count). The molecule has 0 saturated carbocycles. The molecule has 0 aliphatic rings. The smallest absolute Gasteiger partial charge is 0.251 e. The van der Waals surface area contributed by atoms with E-state index in [1.54, 1.807) is 31.2 Å². The first kappa shape index (κ1) is 19.4. The van der Waals surface area contributed by atoms with Gasteiger partial charge < -0.3 is 16.4 Å². The Kier molecular flexibility index (Phi) is 7.39. The van der Waals surface area contributed by atoms with Gasteiger partial charge in [0.05, 0.1) is 6.04 Å². The maximum atomic E-state index is 12.0. The van der Waals surface area contributed by atoms with Crippen LogP contribution in [0.2, 0.25) is 0 Å². The fraction of sp³-hybridized carbons (Fsp3) is 0.467. The fourth-order valence-electron chi connectivity index (χ4n) is 1.43. The number of carbonyl (C=O) groups is 2. The normalized spacial score (nSPS) is 12.0. The number of anilines is 1. The van der Waals surface area contributed by atoms with Crippen LogP contribution in [-0.2, 0) is 4.79 Å². The van der Waals surface area contributed by atoms with E-state index < -0.39 is 6.04 Å². The van der Waals surface area contributed by atoms with E-state index in [9.17, 15) is 9.59 Å². The molecule has 6 heteroatoms. The molecule has 4 N–H and O–H groups in total. The van der Waals surface area contributed by atoms with E-state index in [1.165, 1.54) is 0 Å². The molecule has 1 atom stereocenters. The standard InChI is InChI=1S/C15H23N3O2.ClH/c1-5-15(3,4)18-14(20)11-6-8-12(9-7-11)17-13(19)10(2)16;/h6-10H,5,16H2,1-4H3,(H,17,19)(H,18,20);1H/t10-;/m0./s1. The van der Waals surface area contributed by atoms with Crippen LogP contribution in [0.4, 0.5) is 5.69 Å². The van der Waals surface area contributed by atoms with Gasteiger partial charge in [0.1, 0.15) is 0 Å². The maximum absolute atomic E-state index is 12.0. The third kappa shape index (κ3) is 6.14. The van der Waals surface area contributed by atoms with E-state index in [4.69, 9.17) is 5.73 Å². The van der Waals surface area contributed by atoms with Gasteiger partial charge in [0, 0.05) is 16.8 Å². The highest BCUT2D eigenvalue weighted by molar-refractivity contribution is 5.97. The molecule has 0 fully saturated rings. The minimum Gasteiger partial charge on any atom is -0.347 e. The number of hydrogen-bond acceptors (Lipinski definition) is 3. The Bertz CT molecular complexity index is 484. The van der Waals surface area contributed by atoms with Crippen LogP contribution < -0.4 is 16.4 Å². The van der Waals surface area contributed by atoms with Gasteiger partial charge in [0.2, 0.25) is 5.91 Å². The first-order chi connectivity index (χ1) is 9.25. The van der Waals surface area contributed by atoms with Crippen LogP contribution in [0.15, 0.2) is 24.3 Å². The Labute approximate surface area is 132 Å². The summed E-state index contributed by atoms with van der Waals surface area (Å²) in [5.74, 6) is -0.378. The molecule has 118 valence electrons. The van der Waals surface area contributed by atoms with Crippen molar-refractivity contribution in [3.05, 3.63) is 29.8 Å². The summed E-state index contributed by atoms with van der Waals surface area (Å²) in [5, 5.41) is 5.63. The van der Waals surface area contributed by atoms with Crippen molar-refractivity contribution in [2.24, 2.45) is 5.73 Å². The molecule has 0 spiro atoms. The average molecular weight is 314 g/mol. The second-order valence-corrected chi connectivity index (χ2v) is 5.55. The van der Waals surface area contributed by atoms with Crippen LogP contribution in [0.25, 0.3) is 0 Å². The summed E-state index contributed by atoms with van der Waals surface area (Å²) < 4.78 is 0. The van der Waals surface area contributed by atoms with Gasteiger partial charge in [-0.2, -0.15) is 0 Å².